The van der Waals surface area contributed by atoms with Crippen LogP contribution in [0.1, 0.15) is 25.0 Å². The standard InChI is InChI=1S/C17H24N2O/c1-18-16(11-14-7-3-4-9-17(14)18)12-19-10-6-5-8-15(19)13-20-2/h3-4,7,9,11,15H,5-6,8,10,12-13H2,1-2H3. The predicted molar refractivity (Wildman–Crippen MR) is 82.8 cm³/mol. The number of hydrogen-bond acceptors (Lipinski definition) is 2. The van der Waals surface area contributed by atoms with Crippen molar-refractivity contribution in [1.82, 2.24) is 9.47 Å². The molecule has 2 heterocycles. The molecule has 0 radical (unpaired) electrons. The van der Waals surface area contributed by atoms with Gasteiger partial charge in [0.1, 0.15) is 0 Å². The van der Waals surface area contributed by atoms with Gasteiger partial charge in [-0.15, -0.1) is 0 Å². The molecule has 3 heteroatoms. The summed E-state index contributed by atoms with van der Waals surface area (Å²) in [5.41, 5.74) is 2.72. The minimum atomic E-state index is 0.576. The van der Waals surface area contributed by atoms with Gasteiger partial charge in [-0.05, 0) is 36.9 Å². The molecule has 1 aliphatic rings. The molecule has 3 nitrogen and oxygen atoms in total. The van der Waals surface area contributed by atoms with Gasteiger partial charge >= 0.3 is 0 Å². The van der Waals surface area contributed by atoms with Crippen LogP contribution in [-0.2, 0) is 18.3 Å². The molecule has 0 bridgehead atoms. The Hall–Kier alpha value is -1.32. The average Bonchev–Trinajstić information content (AvgIpc) is 2.79. The van der Waals surface area contributed by atoms with Crippen LogP contribution in [-0.4, -0.2) is 35.8 Å². The SMILES string of the molecule is COCC1CCCCN1Cc1cc2ccccc2n1C. The summed E-state index contributed by atoms with van der Waals surface area (Å²) in [5, 5.41) is 1.34. The van der Waals surface area contributed by atoms with Gasteiger partial charge < -0.3 is 9.30 Å². The molecule has 0 aliphatic carbocycles. The normalized spacial score (nSPS) is 20.6. The molecule has 1 saturated heterocycles. The highest BCUT2D eigenvalue weighted by molar-refractivity contribution is 5.81. The smallest absolute Gasteiger partial charge is 0.0618 e. The molecule has 0 spiro atoms. The number of nitrogens with zero attached hydrogens (tertiary/aromatic N) is 2. The summed E-state index contributed by atoms with van der Waals surface area (Å²) < 4.78 is 7.72. The number of benzene rings is 1. The molecule has 0 N–H and O–H groups in total. The van der Waals surface area contributed by atoms with E-state index in [4.69, 9.17) is 4.74 Å². The molecule has 0 saturated carbocycles. The zero-order valence-corrected chi connectivity index (χ0v) is 12.5. The zero-order valence-electron chi connectivity index (χ0n) is 12.5. The van der Waals surface area contributed by atoms with Crippen molar-refractivity contribution >= 4 is 10.9 Å². The van der Waals surface area contributed by atoms with E-state index in [9.17, 15) is 0 Å². The minimum Gasteiger partial charge on any atom is -0.383 e. The molecule has 1 aromatic heterocycles. The fourth-order valence-electron chi connectivity index (χ4n) is 3.36. The zero-order chi connectivity index (χ0) is 13.9. The number of piperidine rings is 1. The molecule has 0 amide bonds. The van der Waals surface area contributed by atoms with E-state index in [1.165, 1.54) is 42.4 Å². The number of hydrogen-bond donors (Lipinski definition) is 0. The summed E-state index contributed by atoms with van der Waals surface area (Å²) in [6.07, 6.45) is 3.90. The lowest BCUT2D eigenvalue weighted by atomic mass is 10.0. The van der Waals surface area contributed by atoms with Crippen LogP contribution in [0, 0.1) is 0 Å². The van der Waals surface area contributed by atoms with Gasteiger partial charge in [-0.3, -0.25) is 4.90 Å². The molecule has 2 aromatic rings. The van der Waals surface area contributed by atoms with Gasteiger partial charge in [0.05, 0.1) is 6.61 Å². The number of ether oxygens (including phenoxy) is 1. The number of para-hydroxylation sites is 1. The number of fused-ring (bicyclic) bond motifs is 1. The number of aromatic nitrogens is 1. The molecule has 1 unspecified atom stereocenters. The maximum atomic E-state index is 5.39. The molecule has 1 aliphatic heterocycles. The van der Waals surface area contributed by atoms with E-state index in [0.29, 0.717) is 6.04 Å². The van der Waals surface area contributed by atoms with Crippen molar-refractivity contribution in [2.24, 2.45) is 7.05 Å². The Morgan fingerprint density at radius 1 is 1.25 bits per heavy atom. The molecule has 108 valence electrons. The summed E-state index contributed by atoms with van der Waals surface area (Å²) >= 11 is 0. The van der Waals surface area contributed by atoms with E-state index in [0.717, 1.165) is 13.2 Å². The lowest BCUT2D eigenvalue weighted by Crippen LogP contribution is -2.41. The third-order valence-corrected chi connectivity index (χ3v) is 4.52. The highest BCUT2D eigenvalue weighted by Gasteiger charge is 2.23. The summed E-state index contributed by atoms with van der Waals surface area (Å²) in [7, 11) is 3.98. The van der Waals surface area contributed by atoms with Crippen molar-refractivity contribution in [3.63, 3.8) is 0 Å². The maximum absolute atomic E-state index is 5.39. The second-order valence-corrected chi connectivity index (χ2v) is 5.83. The van der Waals surface area contributed by atoms with E-state index in [2.05, 4.69) is 46.8 Å². The Kier molecular flexibility index (Phi) is 4.08. The molecular weight excluding hydrogens is 248 g/mol. The third-order valence-electron chi connectivity index (χ3n) is 4.52. The van der Waals surface area contributed by atoms with Crippen LogP contribution in [0.25, 0.3) is 10.9 Å². The van der Waals surface area contributed by atoms with Crippen molar-refractivity contribution in [3.8, 4) is 0 Å². The van der Waals surface area contributed by atoms with Crippen molar-refractivity contribution in [3.05, 3.63) is 36.0 Å². The Morgan fingerprint density at radius 2 is 2.10 bits per heavy atom. The Balaban J connectivity index is 1.82. The van der Waals surface area contributed by atoms with Gasteiger partial charge in [-0.1, -0.05) is 24.6 Å². The molecule has 1 atom stereocenters. The van der Waals surface area contributed by atoms with Crippen LogP contribution in [0.4, 0.5) is 0 Å². The first-order valence-corrected chi connectivity index (χ1v) is 7.56. The van der Waals surface area contributed by atoms with E-state index >= 15 is 0 Å². The topological polar surface area (TPSA) is 17.4 Å². The third kappa shape index (κ3) is 2.60. The van der Waals surface area contributed by atoms with Gasteiger partial charge in [-0.2, -0.15) is 0 Å². The van der Waals surface area contributed by atoms with Gasteiger partial charge in [-0.25, -0.2) is 0 Å². The van der Waals surface area contributed by atoms with Crippen LogP contribution >= 0.6 is 0 Å². The molecule has 3 rings (SSSR count). The monoisotopic (exact) mass is 272 g/mol. The first-order valence-electron chi connectivity index (χ1n) is 7.56. The fraction of sp³-hybridized carbons (Fsp3) is 0.529. The molecule has 1 aromatic carbocycles. The van der Waals surface area contributed by atoms with Gasteiger partial charge in [0.25, 0.3) is 0 Å². The van der Waals surface area contributed by atoms with Crippen molar-refractivity contribution in [1.29, 1.82) is 0 Å². The fourth-order valence-corrected chi connectivity index (χ4v) is 3.36. The predicted octanol–water partition coefficient (Wildman–Crippen LogP) is 3.18. The average molecular weight is 272 g/mol. The van der Waals surface area contributed by atoms with Crippen LogP contribution in [0.5, 0.6) is 0 Å². The Bertz CT molecular complexity index is 573. The minimum absolute atomic E-state index is 0.576. The molecule has 20 heavy (non-hydrogen) atoms. The van der Waals surface area contributed by atoms with E-state index in [1.54, 1.807) is 0 Å². The van der Waals surface area contributed by atoms with Crippen molar-refractivity contribution in [2.45, 2.75) is 31.8 Å². The summed E-state index contributed by atoms with van der Waals surface area (Å²) in [6.45, 7) is 3.07. The first-order chi connectivity index (χ1) is 9.79. The highest BCUT2D eigenvalue weighted by atomic mass is 16.5. The molecule has 1 fully saturated rings. The summed E-state index contributed by atoms with van der Waals surface area (Å²) in [5.74, 6) is 0. The number of likely N-dealkylation sites (tertiary alicyclic amines) is 1. The summed E-state index contributed by atoms with van der Waals surface area (Å²) in [6, 6.07) is 11.5. The number of rotatable bonds is 4. The summed E-state index contributed by atoms with van der Waals surface area (Å²) in [4.78, 5) is 2.58. The van der Waals surface area contributed by atoms with E-state index < -0.39 is 0 Å². The number of aryl methyl sites for hydroxylation is 1. The van der Waals surface area contributed by atoms with Crippen LogP contribution in [0.15, 0.2) is 30.3 Å². The lowest BCUT2D eigenvalue weighted by Gasteiger charge is -2.35. The second kappa shape index (κ2) is 5.98. The highest BCUT2D eigenvalue weighted by Crippen LogP contribution is 2.23. The van der Waals surface area contributed by atoms with Crippen LogP contribution in [0.3, 0.4) is 0 Å². The van der Waals surface area contributed by atoms with E-state index in [1.807, 2.05) is 7.11 Å². The van der Waals surface area contributed by atoms with Gasteiger partial charge in [0.2, 0.25) is 0 Å². The Labute approximate surface area is 121 Å². The molecular formula is C17H24N2O. The number of methoxy groups -OCH3 is 1. The Morgan fingerprint density at radius 3 is 2.90 bits per heavy atom. The lowest BCUT2D eigenvalue weighted by molar-refractivity contribution is 0.0588. The van der Waals surface area contributed by atoms with Crippen LogP contribution in [0.2, 0.25) is 0 Å². The second-order valence-electron chi connectivity index (χ2n) is 5.83. The van der Waals surface area contributed by atoms with Crippen LogP contribution < -0.4 is 0 Å². The maximum Gasteiger partial charge on any atom is 0.0618 e. The van der Waals surface area contributed by atoms with Gasteiger partial charge in [0, 0.05) is 38.0 Å². The van der Waals surface area contributed by atoms with Crippen molar-refractivity contribution in [2.75, 3.05) is 20.3 Å². The largest absolute Gasteiger partial charge is 0.383 e. The van der Waals surface area contributed by atoms with E-state index in [-0.39, 0.29) is 0 Å². The van der Waals surface area contributed by atoms with Gasteiger partial charge in [0.15, 0.2) is 0 Å². The first kappa shape index (κ1) is 13.7. The van der Waals surface area contributed by atoms with Crippen molar-refractivity contribution < 1.29 is 4.74 Å². The quantitative estimate of drug-likeness (QED) is 0.850.